The number of methoxy groups -OCH3 is 1. The van der Waals surface area contributed by atoms with E-state index in [1.54, 1.807) is 24.3 Å². The van der Waals surface area contributed by atoms with Crippen molar-refractivity contribution in [3.8, 4) is 11.5 Å². The summed E-state index contributed by atoms with van der Waals surface area (Å²) < 4.78 is 16.2. The lowest BCUT2D eigenvalue weighted by molar-refractivity contribution is -0.150. The number of hydrogen-bond donors (Lipinski definition) is 4. The molecule has 9 nitrogen and oxygen atoms in total. The molecule has 0 radical (unpaired) electrons. The smallest absolute Gasteiger partial charge is 0.406 e. The summed E-state index contributed by atoms with van der Waals surface area (Å²) >= 11 is 12.3. The monoisotopic (exact) mass is 599 g/mol. The first-order valence-electron chi connectivity index (χ1n) is 13.2. The van der Waals surface area contributed by atoms with Gasteiger partial charge in [0.05, 0.1) is 25.9 Å². The Kier molecular flexibility index (Phi) is 9.22. The number of hydrogen-bond acceptors (Lipinski definition) is 7. The number of nitrogens with one attached hydrogen (secondary N) is 2. The number of H-pyrrole nitrogens is 1. The van der Waals surface area contributed by atoms with Gasteiger partial charge in [0.15, 0.2) is 0 Å². The third-order valence-corrected chi connectivity index (χ3v) is 7.54. The van der Waals surface area contributed by atoms with Crippen LogP contribution in [-0.4, -0.2) is 65.5 Å². The Hall–Kier alpha value is -3.47. The highest BCUT2D eigenvalue weighted by atomic mass is 35.5. The van der Waals surface area contributed by atoms with Gasteiger partial charge in [0.2, 0.25) is 0 Å². The highest BCUT2D eigenvalue weighted by Crippen LogP contribution is 2.40. The van der Waals surface area contributed by atoms with E-state index >= 15 is 0 Å². The third kappa shape index (κ3) is 6.89. The van der Waals surface area contributed by atoms with Gasteiger partial charge in [0.25, 0.3) is 6.41 Å². The molecule has 0 saturated carbocycles. The number of aromatic nitrogens is 1. The standard InChI is InChI=1S/C30H31Cl2N3O6/c1-39-29(37)33-17-21(36)13-15-40-22-7-2-18(3-8-22)28-27-24(25-16-20(32)6-11-26(25)34-27)12-14-35(28)30(38)41-23-9-4-19(31)5-10-23/h2-11,16,21,28,30,34,36,38H,12-15,17H2,1H3,(H,33,37). The van der Waals surface area contributed by atoms with E-state index in [1.165, 1.54) is 7.11 Å². The summed E-state index contributed by atoms with van der Waals surface area (Å²) in [6.45, 7) is 0.881. The summed E-state index contributed by atoms with van der Waals surface area (Å²) in [5.74, 6) is 1.13. The van der Waals surface area contributed by atoms with E-state index in [0.717, 1.165) is 27.7 Å². The number of alkyl carbamates (subject to hydrolysis) is 1. The Morgan fingerprint density at radius 1 is 1.05 bits per heavy atom. The number of amides is 1. The molecule has 3 aromatic carbocycles. The van der Waals surface area contributed by atoms with Crippen molar-refractivity contribution < 1.29 is 29.2 Å². The van der Waals surface area contributed by atoms with Crippen LogP contribution in [-0.2, 0) is 11.2 Å². The predicted octanol–water partition coefficient (Wildman–Crippen LogP) is 5.26. The van der Waals surface area contributed by atoms with E-state index in [-0.39, 0.29) is 19.2 Å². The number of benzene rings is 3. The topological polar surface area (TPSA) is 116 Å². The van der Waals surface area contributed by atoms with Gasteiger partial charge in [-0.15, -0.1) is 0 Å². The van der Waals surface area contributed by atoms with Gasteiger partial charge in [-0.2, -0.15) is 0 Å². The van der Waals surface area contributed by atoms with Crippen molar-refractivity contribution in [2.45, 2.75) is 31.4 Å². The van der Waals surface area contributed by atoms with Crippen molar-refractivity contribution in [2.75, 3.05) is 26.8 Å². The molecule has 41 heavy (non-hydrogen) atoms. The van der Waals surface area contributed by atoms with Crippen molar-refractivity contribution in [3.05, 3.63) is 93.6 Å². The van der Waals surface area contributed by atoms with Crippen molar-refractivity contribution >= 4 is 40.2 Å². The van der Waals surface area contributed by atoms with Crippen LogP contribution in [0.1, 0.15) is 29.3 Å². The van der Waals surface area contributed by atoms with E-state index in [1.807, 2.05) is 47.4 Å². The maximum atomic E-state index is 11.2. The number of nitrogens with zero attached hydrogens (tertiary/aromatic N) is 1. The van der Waals surface area contributed by atoms with Gasteiger partial charge in [-0.25, -0.2) is 9.69 Å². The molecule has 11 heteroatoms. The van der Waals surface area contributed by atoms with Crippen molar-refractivity contribution in [1.29, 1.82) is 0 Å². The fourth-order valence-corrected chi connectivity index (χ4v) is 5.31. The first-order valence-corrected chi connectivity index (χ1v) is 14.0. The van der Waals surface area contributed by atoms with Gasteiger partial charge in [-0.1, -0.05) is 35.3 Å². The minimum atomic E-state index is -1.22. The Labute approximate surface area is 247 Å². The lowest BCUT2D eigenvalue weighted by atomic mass is 9.92. The molecule has 0 spiro atoms. The Morgan fingerprint density at radius 3 is 2.49 bits per heavy atom. The predicted molar refractivity (Wildman–Crippen MR) is 157 cm³/mol. The fourth-order valence-electron chi connectivity index (χ4n) is 5.01. The first kappa shape index (κ1) is 29.0. The number of ether oxygens (including phenoxy) is 3. The Bertz CT molecular complexity index is 1480. The molecule has 3 unspecified atom stereocenters. The van der Waals surface area contributed by atoms with E-state index < -0.39 is 18.6 Å². The number of halogens is 2. The number of aliphatic hydroxyl groups excluding tert-OH is 2. The summed E-state index contributed by atoms with van der Waals surface area (Å²) in [7, 11) is 1.27. The Morgan fingerprint density at radius 2 is 1.76 bits per heavy atom. The molecule has 4 N–H and O–H groups in total. The molecule has 1 aliphatic heterocycles. The quantitative estimate of drug-likeness (QED) is 0.184. The molecule has 0 aliphatic carbocycles. The SMILES string of the molecule is COC(=O)NCC(O)CCOc1ccc(C2c3[nH]c4ccc(Cl)cc4c3CCN2C(O)Oc2ccc(Cl)cc2)cc1. The van der Waals surface area contributed by atoms with Gasteiger partial charge in [-0.05, 0) is 72.1 Å². The van der Waals surface area contributed by atoms with Gasteiger partial charge in [0, 0.05) is 46.2 Å². The molecule has 4 aromatic rings. The number of aromatic amines is 1. The molecule has 3 atom stereocenters. The maximum absolute atomic E-state index is 11.2. The minimum absolute atomic E-state index is 0.0744. The zero-order chi connectivity index (χ0) is 28.9. The van der Waals surface area contributed by atoms with Crippen LogP contribution in [0.2, 0.25) is 10.0 Å². The zero-order valence-electron chi connectivity index (χ0n) is 22.3. The van der Waals surface area contributed by atoms with Gasteiger partial charge in [-0.3, -0.25) is 0 Å². The second kappa shape index (κ2) is 13.0. The van der Waals surface area contributed by atoms with Gasteiger partial charge in [0.1, 0.15) is 11.5 Å². The Balaban J connectivity index is 1.35. The first-order chi connectivity index (χ1) is 19.8. The van der Waals surface area contributed by atoms with E-state index in [9.17, 15) is 15.0 Å². The van der Waals surface area contributed by atoms with Crippen LogP contribution in [0.15, 0.2) is 66.7 Å². The highest BCUT2D eigenvalue weighted by molar-refractivity contribution is 6.31. The van der Waals surface area contributed by atoms with Crippen LogP contribution in [0.4, 0.5) is 4.79 Å². The highest BCUT2D eigenvalue weighted by Gasteiger charge is 2.36. The zero-order valence-corrected chi connectivity index (χ0v) is 23.9. The normalized spacial score (nSPS) is 16.6. The van der Waals surface area contributed by atoms with Gasteiger partial charge < -0.3 is 34.7 Å². The number of carbonyl (C=O) groups excluding carboxylic acids is 1. The number of aliphatic hydroxyl groups is 2. The molecule has 5 rings (SSSR count). The second-order valence-electron chi connectivity index (χ2n) is 9.73. The average molecular weight is 600 g/mol. The molecular formula is C30H31Cl2N3O6. The van der Waals surface area contributed by atoms with E-state index in [4.69, 9.17) is 32.7 Å². The summed E-state index contributed by atoms with van der Waals surface area (Å²) in [6, 6.07) is 19.9. The molecule has 0 saturated heterocycles. The molecule has 2 heterocycles. The molecule has 216 valence electrons. The van der Waals surface area contributed by atoms with Crippen molar-refractivity contribution in [3.63, 3.8) is 0 Å². The summed E-state index contributed by atoms with van der Waals surface area (Å²) in [5.41, 5.74) is 4.01. The summed E-state index contributed by atoms with van der Waals surface area (Å²) in [4.78, 5) is 16.6. The molecule has 1 aliphatic rings. The lowest BCUT2D eigenvalue weighted by Gasteiger charge is -2.38. The summed E-state index contributed by atoms with van der Waals surface area (Å²) in [5, 5.41) is 26.1. The average Bonchev–Trinajstić information content (AvgIpc) is 3.34. The van der Waals surface area contributed by atoms with Crippen LogP contribution < -0.4 is 14.8 Å². The van der Waals surface area contributed by atoms with Crippen LogP contribution in [0, 0.1) is 0 Å². The molecular weight excluding hydrogens is 569 g/mol. The maximum Gasteiger partial charge on any atom is 0.406 e. The largest absolute Gasteiger partial charge is 0.493 e. The minimum Gasteiger partial charge on any atom is -0.493 e. The van der Waals surface area contributed by atoms with Crippen LogP contribution >= 0.6 is 23.2 Å². The van der Waals surface area contributed by atoms with Gasteiger partial charge >= 0.3 is 6.09 Å². The molecule has 1 amide bonds. The van der Waals surface area contributed by atoms with Crippen molar-refractivity contribution in [2.24, 2.45) is 0 Å². The lowest BCUT2D eigenvalue weighted by Crippen LogP contribution is -2.46. The number of carbonyl (C=O) groups is 1. The fraction of sp³-hybridized carbons (Fsp3) is 0.300. The molecule has 0 fully saturated rings. The van der Waals surface area contributed by atoms with Crippen molar-refractivity contribution in [1.82, 2.24) is 15.2 Å². The number of fused-ring (bicyclic) bond motifs is 3. The molecule has 0 bridgehead atoms. The van der Waals surface area contributed by atoms with Crippen LogP contribution in [0.5, 0.6) is 11.5 Å². The molecule has 1 aromatic heterocycles. The van der Waals surface area contributed by atoms with Crippen LogP contribution in [0.25, 0.3) is 10.9 Å². The third-order valence-electron chi connectivity index (χ3n) is 7.05. The second-order valence-corrected chi connectivity index (χ2v) is 10.6. The summed E-state index contributed by atoms with van der Waals surface area (Å²) in [6.07, 6.45) is -1.55. The number of rotatable bonds is 10. The van der Waals surface area contributed by atoms with Crippen LogP contribution in [0.3, 0.4) is 0 Å². The van der Waals surface area contributed by atoms with E-state index in [2.05, 4.69) is 15.0 Å². The van der Waals surface area contributed by atoms with E-state index in [0.29, 0.717) is 40.9 Å².